The van der Waals surface area contributed by atoms with Crippen LogP contribution in [-0.2, 0) is 10.0 Å². The Hall–Kier alpha value is -0.580. The molecule has 0 aromatic carbocycles. The topological polar surface area (TPSA) is 58.5 Å². The zero-order chi connectivity index (χ0) is 16.3. The number of fused-ring (bicyclic) bond motifs is 1. The van der Waals surface area contributed by atoms with Gasteiger partial charge in [0.2, 0.25) is 10.0 Å². The molecule has 7 unspecified atom stereocenters. The van der Waals surface area contributed by atoms with Gasteiger partial charge in [-0.05, 0) is 68.6 Å². The third-order valence-electron chi connectivity index (χ3n) is 7.94. The van der Waals surface area contributed by atoms with Crippen molar-refractivity contribution in [2.45, 2.75) is 81.9 Å². The van der Waals surface area contributed by atoms with Crippen molar-refractivity contribution in [3.8, 4) is 0 Å². The average molecular weight is 351 g/mol. The van der Waals surface area contributed by atoms with Crippen molar-refractivity contribution in [1.82, 2.24) is 4.72 Å². The first kappa shape index (κ1) is 15.7. The van der Waals surface area contributed by atoms with E-state index in [0.29, 0.717) is 6.04 Å². The second-order valence-electron chi connectivity index (χ2n) is 9.01. The number of hydrogen-bond donors (Lipinski definition) is 1. The first-order valence-electron chi connectivity index (χ1n) is 10.2. The van der Waals surface area contributed by atoms with E-state index in [1.54, 1.807) is 0 Å². The molecule has 4 nitrogen and oxygen atoms in total. The smallest absolute Gasteiger partial charge is 0.237 e. The first-order valence-corrected chi connectivity index (χ1v) is 11.8. The average Bonchev–Trinajstić information content (AvgIpc) is 3.11. The number of amidine groups is 1. The van der Waals surface area contributed by atoms with Gasteiger partial charge in [-0.1, -0.05) is 25.7 Å². The molecule has 24 heavy (non-hydrogen) atoms. The maximum Gasteiger partial charge on any atom is 0.237 e. The van der Waals surface area contributed by atoms with Crippen LogP contribution in [0.3, 0.4) is 0 Å². The molecule has 1 saturated heterocycles. The molecule has 7 atom stereocenters. The molecule has 1 N–H and O–H groups in total. The third kappa shape index (κ3) is 2.37. The number of hydrogen-bond acceptors (Lipinski definition) is 3. The van der Waals surface area contributed by atoms with Crippen LogP contribution in [0.2, 0.25) is 0 Å². The summed E-state index contributed by atoms with van der Waals surface area (Å²) < 4.78 is 27.8. The van der Waals surface area contributed by atoms with E-state index in [0.717, 1.165) is 55.2 Å². The quantitative estimate of drug-likeness (QED) is 0.787. The van der Waals surface area contributed by atoms with Gasteiger partial charge in [0.05, 0.1) is 11.3 Å². The van der Waals surface area contributed by atoms with Crippen molar-refractivity contribution < 1.29 is 8.42 Å². The Labute approximate surface area is 145 Å². The Morgan fingerprint density at radius 1 is 0.833 bits per heavy atom. The zero-order valence-electron chi connectivity index (χ0n) is 14.5. The number of sulfonamides is 1. The van der Waals surface area contributed by atoms with Crippen molar-refractivity contribution in [2.75, 3.05) is 0 Å². The highest BCUT2D eigenvalue weighted by atomic mass is 32.2. The lowest BCUT2D eigenvalue weighted by Crippen LogP contribution is -2.41. The van der Waals surface area contributed by atoms with Crippen LogP contribution in [-0.4, -0.2) is 25.5 Å². The molecular formula is C19H30N2O2S. The Morgan fingerprint density at radius 2 is 1.58 bits per heavy atom. The van der Waals surface area contributed by atoms with Crippen LogP contribution in [0, 0.1) is 29.6 Å². The van der Waals surface area contributed by atoms with Gasteiger partial charge in [0.25, 0.3) is 0 Å². The van der Waals surface area contributed by atoms with E-state index in [9.17, 15) is 8.42 Å². The van der Waals surface area contributed by atoms with E-state index in [4.69, 9.17) is 4.99 Å². The Morgan fingerprint density at radius 3 is 2.46 bits per heavy atom. The summed E-state index contributed by atoms with van der Waals surface area (Å²) in [6, 6.07) is 0.380. The lowest BCUT2D eigenvalue weighted by Gasteiger charge is -2.44. The van der Waals surface area contributed by atoms with Crippen LogP contribution in [0.25, 0.3) is 0 Å². The molecule has 4 saturated carbocycles. The molecule has 1 heterocycles. The van der Waals surface area contributed by atoms with Gasteiger partial charge in [-0.3, -0.25) is 9.71 Å². The SMILES string of the molecule is O=S1(=O)NC(=NC2CCC3CCC4CCCC2C43)C2CCCCC21. The fraction of sp³-hybridized carbons (Fsp3) is 0.947. The normalized spacial score (nSPS) is 51.0. The number of nitrogens with one attached hydrogen (secondary N) is 1. The van der Waals surface area contributed by atoms with Crippen LogP contribution in [0.15, 0.2) is 4.99 Å². The van der Waals surface area contributed by atoms with E-state index in [1.165, 1.54) is 44.9 Å². The van der Waals surface area contributed by atoms with Crippen LogP contribution in [0.4, 0.5) is 0 Å². The molecule has 134 valence electrons. The first-order chi connectivity index (χ1) is 11.6. The van der Waals surface area contributed by atoms with Gasteiger partial charge >= 0.3 is 0 Å². The summed E-state index contributed by atoms with van der Waals surface area (Å²) in [5.41, 5.74) is 0. The van der Waals surface area contributed by atoms with Gasteiger partial charge in [0.15, 0.2) is 0 Å². The van der Waals surface area contributed by atoms with Crippen molar-refractivity contribution >= 4 is 15.9 Å². The van der Waals surface area contributed by atoms with Crippen LogP contribution >= 0.6 is 0 Å². The molecule has 0 spiro atoms. The van der Waals surface area contributed by atoms with Gasteiger partial charge in [0, 0.05) is 5.92 Å². The molecule has 5 aliphatic rings. The van der Waals surface area contributed by atoms with Crippen LogP contribution < -0.4 is 4.72 Å². The van der Waals surface area contributed by atoms with Gasteiger partial charge in [0.1, 0.15) is 5.84 Å². The Kier molecular flexibility index (Phi) is 3.73. The second kappa shape index (κ2) is 5.72. The summed E-state index contributed by atoms with van der Waals surface area (Å²) >= 11 is 0. The lowest BCUT2D eigenvalue weighted by atomic mass is 9.63. The summed E-state index contributed by atoms with van der Waals surface area (Å²) in [5, 5.41) is -0.202. The van der Waals surface area contributed by atoms with E-state index >= 15 is 0 Å². The molecule has 0 amide bonds. The van der Waals surface area contributed by atoms with E-state index in [-0.39, 0.29) is 11.2 Å². The van der Waals surface area contributed by atoms with Crippen LogP contribution in [0.1, 0.15) is 70.6 Å². The van der Waals surface area contributed by atoms with Gasteiger partial charge in [-0.2, -0.15) is 0 Å². The van der Waals surface area contributed by atoms with Crippen molar-refractivity contribution in [2.24, 2.45) is 34.6 Å². The lowest BCUT2D eigenvalue weighted by molar-refractivity contribution is 0.0777. The van der Waals surface area contributed by atoms with E-state index in [1.807, 2.05) is 0 Å². The fourth-order valence-electron chi connectivity index (χ4n) is 6.97. The molecule has 0 bridgehead atoms. The standard InChI is InChI=1S/C19H30N2O2S/c22-24(23)17-7-2-1-5-15(17)19(21-24)20-16-11-10-13-9-8-12-4-3-6-14(16)18(12)13/h12-18H,1-11H2,(H,20,21). The highest BCUT2D eigenvalue weighted by Gasteiger charge is 2.50. The van der Waals surface area contributed by atoms with Crippen molar-refractivity contribution in [3.63, 3.8) is 0 Å². The number of aliphatic imine (C=N–C) groups is 1. The van der Waals surface area contributed by atoms with E-state index < -0.39 is 10.0 Å². The molecule has 5 fully saturated rings. The third-order valence-corrected chi connectivity index (χ3v) is 9.79. The Balaban J connectivity index is 1.43. The Bertz CT molecular complexity index is 638. The second-order valence-corrected chi connectivity index (χ2v) is 10.9. The highest BCUT2D eigenvalue weighted by Crippen LogP contribution is 2.55. The van der Waals surface area contributed by atoms with Gasteiger partial charge < -0.3 is 0 Å². The molecule has 1 aliphatic heterocycles. The molecular weight excluding hydrogens is 320 g/mol. The highest BCUT2D eigenvalue weighted by molar-refractivity contribution is 7.91. The minimum Gasteiger partial charge on any atom is -0.271 e. The largest absolute Gasteiger partial charge is 0.271 e. The minimum absolute atomic E-state index is 0.157. The maximum atomic E-state index is 12.5. The van der Waals surface area contributed by atoms with Crippen molar-refractivity contribution in [3.05, 3.63) is 0 Å². The predicted molar refractivity (Wildman–Crippen MR) is 95.3 cm³/mol. The van der Waals surface area contributed by atoms with Crippen LogP contribution in [0.5, 0.6) is 0 Å². The number of nitrogens with zero attached hydrogens (tertiary/aromatic N) is 1. The van der Waals surface area contributed by atoms with Gasteiger partial charge in [-0.15, -0.1) is 0 Å². The summed E-state index contributed by atoms with van der Waals surface area (Å²) in [5.74, 6) is 4.50. The summed E-state index contributed by atoms with van der Waals surface area (Å²) in [6.45, 7) is 0. The minimum atomic E-state index is -3.17. The molecule has 5 rings (SSSR count). The van der Waals surface area contributed by atoms with E-state index in [2.05, 4.69) is 4.72 Å². The monoisotopic (exact) mass is 350 g/mol. The molecule has 4 aliphatic carbocycles. The number of rotatable bonds is 1. The summed E-state index contributed by atoms with van der Waals surface area (Å²) in [6.07, 6.45) is 13.5. The zero-order valence-corrected chi connectivity index (χ0v) is 15.3. The summed E-state index contributed by atoms with van der Waals surface area (Å²) in [4.78, 5) is 5.12. The van der Waals surface area contributed by atoms with Crippen molar-refractivity contribution in [1.29, 1.82) is 0 Å². The molecule has 0 radical (unpaired) electrons. The van der Waals surface area contributed by atoms with Gasteiger partial charge in [-0.25, -0.2) is 8.42 Å². The predicted octanol–water partition coefficient (Wildman–Crippen LogP) is 3.48. The molecule has 0 aromatic rings. The fourth-order valence-corrected chi connectivity index (χ4v) is 8.79. The summed E-state index contributed by atoms with van der Waals surface area (Å²) in [7, 11) is -3.17. The molecule has 5 heteroatoms. The maximum absolute atomic E-state index is 12.5. The molecule has 0 aromatic heterocycles.